The number of hydrogen-bond donors (Lipinski definition) is 2. The van der Waals surface area contributed by atoms with Crippen molar-refractivity contribution < 1.29 is 4.74 Å². The van der Waals surface area contributed by atoms with E-state index >= 15 is 0 Å². The molecule has 0 aromatic carbocycles. The van der Waals surface area contributed by atoms with Crippen LogP contribution in [0.4, 0.5) is 5.82 Å². The van der Waals surface area contributed by atoms with Crippen molar-refractivity contribution in [2.45, 2.75) is 26.3 Å². The van der Waals surface area contributed by atoms with Gasteiger partial charge in [-0.25, -0.2) is 9.97 Å². The number of aromatic nitrogens is 2. The second kappa shape index (κ2) is 5.50. The van der Waals surface area contributed by atoms with Crippen LogP contribution in [-0.4, -0.2) is 29.7 Å². The highest BCUT2D eigenvalue weighted by atomic mass is 16.5. The molecular formula is C10H18N4O. The molecule has 0 amide bonds. The van der Waals surface area contributed by atoms with Crippen molar-refractivity contribution >= 4 is 5.82 Å². The Kier molecular flexibility index (Phi) is 4.30. The lowest BCUT2D eigenvalue weighted by molar-refractivity contribution is 0.393. The van der Waals surface area contributed by atoms with Gasteiger partial charge in [-0.3, -0.25) is 0 Å². The van der Waals surface area contributed by atoms with E-state index < -0.39 is 0 Å². The quantitative estimate of drug-likeness (QED) is 0.756. The van der Waals surface area contributed by atoms with Gasteiger partial charge >= 0.3 is 0 Å². The molecule has 0 saturated carbocycles. The molecule has 1 atom stereocenters. The van der Waals surface area contributed by atoms with Crippen LogP contribution in [0.15, 0.2) is 6.33 Å². The van der Waals surface area contributed by atoms with Crippen molar-refractivity contribution in [3.8, 4) is 5.88 Å². The van der Waals surface area contributed by atoms with E-state index in [1.807, 2.05) is 6.92 Å². The van der Waals surface area contributed by atoms with Gasteiger partial charge in [-0.1, -0.05) is 6.92 Å². The molecule has 1 heterocycles. The Hall–Kier alpha value is -1.36. The fourth-order valence-electron chi connectivity index (χ4n) is 1.19. The molecule has 0 radical (unpaired) electrons. The number of methoxy groups -OCH3 is 1. The van der Waals surface area contributed by atoms with Crippen LogP contribution in [0.2, 0.25) is 0 Å². The molecule has 1 unspecified atom stereocenters. The molecule has 84 valence electrons. The third-order valence-corrected chi connectivity index (χ3v) is 2.29. The molecule has 0 saturated heterocycles. The van der Waals surface area contributed by atoms with Crippen LogP contribution in [0.3, 0.4) is 0 Å². The van der Waals surface area contributed by atoms with Gasteiger partial charge in [0.2, 0.25) is 5.88 Å². The van der Waals surface area contributed by atoms with E-state index in [1.54, 1.807) is 7.11 Å². The predicted octanol–water partition coefficient (Wildman–Crippen LogP) is 0.943. The predicted molar refractivity (Wildman–Crippen MR) is 60.1 cm³/mol. The third kappa shape index (κ3) is 3.06. The average Bonchev–Trinajstić information content (AvgIpc) is 2.27. The molecule has 5 heteroatoms. The molecule has 1 aromatic rings. The topological polar surface area (TPSA) is 73.1 Å². The Morgan fingerprint density at radius 2 is 2.27 bits per heavy atom. The second-order valence-corrected chi connectivity index (χ2v) is 3.41. The smallest absolute Gasteiger partial charge is 0.221 e. The first-order valence-electron chi connectivity index (χ1n) is 5.04. The van der Waals surface area contributed by atoms with Gasteiger partial charge in [0.15, 0.2) is 0 Å². The summed E-state index contributed by atoms with van der Waals surface area (Å²) in [6.45, 7) is 4.68. The molecule has 0 spiro atoms. The molecule has 0 bridgehead atoms. The number of nitrogens with two attached hydrogens (primary N) is 1. The first kappa shape index (κ1) is 11.7. The molecule has 1 aromatic heterocycles. The van der Waals surface area contributed by atoms with Gasteiger partial charge in [0.25, 0.3) is 0 Å². The zero-order chi connectivity index (χ0) is 11.3. The summed E-state index contributed by atoms with van der Waals surface area (Å²) in [4.78, 5) is 8.14. The van der Waals surface area contributed by atoms with Crippen LogP contribution in [-0.2, 0) is 0 Å². The number of ether oxygens (including phenoxy) is 1. The lowest BCUT2D eigenvalue weighted by Gasteiger charge is -2.13. The molecule has 1 rings (SSSR count). The molecule has 0 aliphatic carbocycles. The van der Waals surface area contributed by atoms with E-state index in [1.165, 1.54) is 6.33 Å². The Morgan fingerprint density at radius 3 is 2.87 bits per heavy atom. The van der Waals surface area contributed by atoms with Crippen molar-refractivity contribution in [1.82, 2.24) is 9.97 Å². The van der Waals surface area contributed by atoms with E-state index in [9.17, 15) is 0 Å². The van der Waals surface area contributed by atoms with Gasteiger partial charge < -0.3 is 15.8 Å². The molecule has 5 nitrogen and oxygen atoms in total. The summed E-state index contributed by atoms with van der Waals surface area (Å²) < 4.78 is 5.10. The maximum absolute atomic E-state index is 5.80. The van der Waals surface area contributed by atoms with Gasteiger partial charge in [-0.15, -0.1) is 0 Å². The minimum absolute atomic E-state index is 0.144. The largest absolute Gasteiger partial charge is 0.481 e. The zero-order valence-corrected chi connectivity index (χ0v) is 9.45. The minimum atomic E-state index is 0.144. The lowest BCUT2D eigenvalue weighted by atomic mass is 10.2. The maximum atomic E-state index is 5.80. The van der Waals surface area contributed by atoms with Gasteiger partial charge in [-0.05, 0) is 13.3 Å². The van der Waals surface area contributed by atoms with Crippen LogP contribution < -0.4 is 15.8 Å². The fourth-order valence-corrected chi connectivity index (χ4v) is 1.19. The number of rotatable bonds is 5. The molecule has 0 aliphatic rings. The Labute approximate surface area is 90.1 Å². The number of anilines is 1. The van der Waals surface area contributed by atoms with Gasteiger partial charge in [0.05, 0.1) is 12.7 Å². The first-order valence-corrected chi connectivity index (χ1v) is 5.04. The standard InChI is InChI=1S/C10H18N4O/c1-4-8(11)5-12-9-7(2)10(15-3)14-6-13-9/h6,8H,4-5,11H2,1-3H3,(H,12,13,14). The summed E-state index contributed by atoms with van der Waals surface area (Å²) in [5.41, 5.74) is 6.71. The Bertz CT molecular complexity index is 316. The molecular weight excluding hydrogens is 192 g/mol. The lowest BCUT2D eigenvalue weighted by Crippen LogP contribution is -2.28. The normalized spacial score (nSPS) is 12.3. The summed E-state index contributed by atoms with van der Waals surface area (Å²) in [6, 6.07) is 0.144. The zero-order valence-electron chi connectivity index (χ0n) is 9.45. The number of hydrogen-bond acceptors (Lipinski definition) is 5. The van der Waals surface area contributed by atoms with Crippen LogP contribution in [0.25, 0.3) is 0 Å². The number of nitrogens with zero attached hydrogens (tertiary/aromatic N) is 2. The average molecular weight is 210 g/mol. The van der Waals surface area contributed by atoms with Crippen molar-refractivity contribution in [1.29, 1.82) is 0 Å². The van der Waals surface area contributed by atoms with Crippen LogP contribution in [0, 0.1) is 6.92 Å². The summed E-state index contributed by atoms with van der Waals surface area (Å²) in [5.74, 6) is 1.38. The third-order valence-electron chi connectivity index (χ3n) is 2.29. The molecule has 0 aliphatic heterocycles. The van der Waals surface area contributed by atoms with E-state index in [4.69, 9.17) is 10.5 Å². The van der Waals surface area contributed by atoms with Gasteiger partial charge in [-0.2, -0.15) is 0 Å². The van der Waals surface area contributed by atoms with Crippen molar-refractivity contribution in [3.05, 3.63) is 11.9 Å². The monoisotopic (exact) mass is 210 g/mol. The number of nitrogens with one attached hydrogen (secondary N) is 1. The summed E-state index contributed by atoms with van der Waals surface area (Å²) >= 11 is 0. The summed E-state index contributed by atoms with van der Waals surface area (Å²) in [6.07, 6.45) is 2.42. The maximum Gasteiger partial charge on any atom is 0.221 e. The minimum Gasteiger partial charge on any atom is -0.481 e. The molecule has 15 heavy (non-hydrogen) atoms. The summed E-state index contributed by atoms with van der Waals surface area (Å²) in [7, 11) is 1.59. The highest BCUT2D eigenvalue weighted by Gasteiger charge is 2.07. The van der Waals surface area contributed by atoms with Crippen molar-refractivity contribution in [2.75, 3.05) is 19.0 Å². The highest BCUT2D eigenvalue weighted by Crippen LogP contribution is 2.19. The second-order valence-electron chi connectivity index (χ2n) is 3.41. The SMILES string of the molecule is CCC(N)CNc1ncnc(OC)c1C. The Balaban J connectivity index is 2.68. The van der Waals surface area contributed by atoms with Crippen LogP contribution >= 0.6 is 0 Å². The van der Waals surface area contributed by atoms with E-state index in [0.717, 1.165) is 17.8 Å². The molecule has 3 N–H and O–H groups in total. The Morgan fingerprint density at radius 1 is 1.53 bits per heavy atom. The first-order chi connectivity index (χ1) is 7.19. The fraction of sp³-hybridized carbons (Fsp3) is 0.600. The van der Waals surface area contributed by atoms with Crippen LogP contribution in [0.5, 0.6) is 5.88 Å². The van der Waals surface area contributed by atoms with Gasteiger partial charge in [0.1, 0.15) is 12.1 Å². The van der Waals surface area contributed by atoms with E-state index in [-0.39, 0.29) is 6.04 Å². The van der Waals surface area contributed by atoms with Crippen molar-refractivity contribution in [2.24, 2.45) is 5.73 Å². The summed E-state index contributed by atoms with van der Waals surface area (Å²) in [5, 5.41) is 3.18. The van der Waals surface area contributed by atoms with E-state index in [2.05, 4.69) is 22.2 Å². The van der Waals surface area contributed by atoms with Gasteiger partial charge in [0, 0.05) is 12.6 Å². The highest BCUT2D eigenvalue weighted by molar-refractivity contribution is 5.47. The van der Waals surface area contributed by atoms with Crippen LogP contribution in [0.1, 0.15) is 18.9 Å². The molecule has 0 fully saturated rings. The van der Waals surface area contributed by atoms with E-state index in [0.29, 0.717) is 12.4 Å². The van der Waals surface area contributed by atoms with Crippen molar-refractivity contribution in [3.63, 3.8) is 0 Å².